The van der Waals surface area contributed by atoms with Crippen molar-refractivity contribution in [2.45, 2.75) is 122 Å². The van der Waals surface area contributed by atoms with Crippen LogP contribution in [0.5, 0.6) is 0 Å². The molecule has 1 saturated heterocycles. The molecule has 0 aliphatic carbocycles. The first kappa shape index (κ1) is 58.4. The number of amides is 10. The zero-order chi connectivity index (χ0) is 50.3. The molecular formula is C40H69N11O14S. The molecule has 1 aliphatic heterocycles. The van der Waals surface area contributed by atoms with Gasteiger partial charge in [-0.05, 0) is 69.8 Å². The Labute approximate surface area is 387 Å². The summed E-state index contributed by atoms with van der Waals surface area (Å²) in [6.07, 6.45) is 2.94. The van der Waals surface area contributed by atoms with Gasteiger partial charge in [-0.25, -0.2) is 4.79 Å². The summed E-state index contributed by atoms with van der Waals surface area (Å²) < 4.78 is 0. The summed E-state index contributed by atoms with van der Waals surface area (Å²) in [4.78, 5) is 141. The van der Waals surface area contributed by atoms with Crippen LogP contribution in [-0.2, 0) is 52.7 Å². The zero-order valence-electron chi connectivity index (χ0n) is 38.5. The summed E-state index contributed by atoms with van der Waals surface area (Å²) in [5, 5.41) is 49.4. The van der Waals surface area contributed by atoms with Gasteiger partial charge in [0.1, 0.15) is 48.3 Å². The fraction of sp³-hybridized carbons (Fsp3) is 0.725. The maximum atomic E-state index is 13.9. The Balaban J connectivity index is 2.83. The third-order valence-corrected chi connectivity index (χ3v) is 10.5. The van der Waals surface area contributed by atoms with E-state index < -0.39 is 146 Å². The van der Waals surface area contributed by atoms with E-state index in [2.05, 4.69) is 47.9 Å². The van der Waals surface area contributed by atoms with E-state index in [1.54, 1.807) is 34.0 Å². The number of thioether (sulfide) groups is 1. The minimum atomic E-state index is -1.48. The third kappa shape index (κ3) is 21.1. The number of likely N-dealkylation sites (tertiary alicyclic amines) is 1. The molecule has 1 rings (SSSR count). The number of aliphatic hydroxyl groups excluding tert-OH is 2. The van der Waals surface area contributed by atoms with Crippen molar-refractivity contribution in [3.63, 3.8) is 0 Å². The highest BCUT2D eigenvalue weighted by Crippen LogP contribution is 2.21. The Morgan fingerprint density at radius 1 is 0.606 bits per heavy atom. The number of nitrogens with two attached hydrogens (primary N) is 1. The molecule has 1 aliphatic rings. The SMILES string of the molecule is CSCC[C@@H](NC(=O)CNC(=O)[C@@H](CO)NC(=O)[C@@H](N)CO)C(=O)N1CCC[C@H]1C(=O)N[C@@H](CC(C)C)C(=O)NCC(=O)N[C@@H](C)C(=O)N[C@@H](C)C(=O)NCC(=O)N[C@@H](CC(C)C)C(=O)O. The molecule has 0 spiro atoms. The Kier molecular flexibility index (Phi) is 26.4. The second kappa shape index (κ2) is 29.8. The minimum absolute atomic E-state index is 0.0168. The molecule has 374 valence electrons. The molecule has 25 nitrogen and oxygen atoms in total. The highest BCUT2D eigenvalue weighted by Gasteiger charge is 2.39. The smallest absolute Gasteiger partial charge is 0.326 e. The van der Waals surface area contributed by atoms with Gasteiger partial charge in [0.2, 0.25) is 59.1 Å². The molecule has 14 N–H and O–H groups in total. The zero-order valence-corrected chi connectivity index (χ0v) is 39.3. The molecule has 8 atom stereocenters. The van der Waals surface area contributed by atoms with Gasteiger partial charge >= 0.3 is 5.97 Å². The number of carbonyl (C=O) groups is 11. The Morgan fingerprint density at radius 3 is 1.62 bits per heavy atom. The molecule has 0 radical (unpaired) electrons. The summed E-state index contributed by atoms with van der Waals surface area (Å²) in [6, 6.07) is -9.58. The fourth-order valence-corrected chi connectivity index (χ4v) is 6.84. The lowest BCUT2D eigenvalue weighted by atomic mass is 10.0. The summed E-state index contributed by atoms with van der Waals surface area (Å²) in [5.74, 6) is -8.54. The average molecular weight is 960 g/mol. The standard InChI is InChI=1S/C40H69N11O14S/c1-20(2)13-26(36(60)43-15-30(54)45-23(6)34(58)46-22(5)33(57)42-16-32(56)48-27(40(64)65)14-21(3)4)49-38(62)29-9-8-11-51(29)39(63)25(10-12-66-7)47-31(55)17-44-37(61)28(19-53)50-35(59)24(41)18-52/h20-29,52-53H,8-19,41H2,1-7H3,(H,42,57)(H,43,60)(H,44,61)(H,45,54)(H,46,58)(H,47,55)(H,48,56)(H,49,62)(H,50,59)(H,64,65)/t22-,23-,24-,25+,26-,27-,28+,29-/m0/s1. The van der Waals surface area contributed by atoms with Gasteiger partial charge in [-0.3, -0.25) is 47.9 Å². The molecule has 0 bridgehead atoms. The van der Waals surface area contributed by atoms with Crippen molar-refractivity contribution in [2.75, 3.05) is 51.4 Å². The van der Waals surface area contributed by atoms with Crippen LogP contribution in [0.3, 0.4) is 0 Å². The van der Waals surface area contributed by atoms with Gasteiger partial charge in [-0.15, -0.1) is 0 Å². The summed E-state index contributed by atoms with van der Waals surface area (Å²) >= 11 is 1.40. The monoisotopic (exact) mass is 959 g/mol. The van der Waals surface area contributed by atoms with Gasteiger partial charge in [-0.2, -0.15) is 11.8 Å². The summed E-state index contributed by atoms with van der Waals surface area (Å²) in [5.41, 5.74) is 5.42. The summed E-state index contributed by atoms with van der Waals surface area (Å²) in [7, 11) is 0. The number of hydrogen-bond acceptors (Lipinski definition) is 15. The number of carboxylic acid groups (broad SMARTS) is 1. The van der Waals surface area contributed by atoms with E-state index in [-0.39, 0.29) is 44.1 Å². The van der Waals surface area contributed by atoms with Gasteiger partial charge in [0.05, 0.1) is 32.8 Å². The largest absolute Gasteiger partial charge is 0.480 e. The van der Waals surface area contributed by atoms with E-state index in [0.29, 0.717) is 12.2 Å². The van der Waals surface area contributed by atoms with E-state index in [9.17, 15) is 63.0 Å². The molecule has 0 aromatic carbocycles. The predicted molar refractivity (Wildman–Crippen MR) is 238 cm³/mol. The lowest BCUT2D eigenvalue weighted by molar-refractivity contribution is -0.142. The first-order valence-electron chi connectivity index (χ1n) is 21.6. The van der Waals surface area contributed by atoms with Crippen LogP contribution in [0, 0.1) is 11.8 Å². The van der Waals surface area contributed by atoms with Crippen LogP contribution < -0.4 is 53.6 Å². The number of aliphatic carboxylic acids is 1. The fourth-order valence-electron chi connectivity index (χ4n) is 6.37. The molecule has 66 heavy (non-hydrogen) atoms. The van der Waals surface area contributed by atoms with Crippen molar-refractivity contribution in [3.05, 3.63) is 0 Å². The lowest BCUT2D eigenvalue weighted by Gasteiger charge is -2.30. The van der Waals surface area contributed by atoms with Crippen LogP contribution in [0.15, 0.2) is 0 Å². The maximum absolute atomic E-state index is 13.9. The van der Waals surface area contributed by atoms with E-state index in [1.807, 2.05) is 0 Å². The number of hydrogen-bond donors (Lipinski definition) is 13. The second-order valence-corrected chi connectivity index (χ2v) is 17.6. The van der Waals surface area contributed by atoms with E-state index in [1.165, 1.54) is 30.5 Å². The molecule has 0 unspecified atom stereocenters. The first-order valence-corrected chi connectivity index (χ1v) is 23.0. The van der Waals surface area contributed by atoms with Crippen molar-refractivity contribution in [3.8, 4) is 0 Å². The number of carboxylic acids is 1. The van der Waals surface area contributed by atoms with Crippen LogP contribution in [0.25, 0.3) is 0 Å². The molecule has 1 heterocycles. The molecule has 10 amide bonds. The minimum Gasteiger partial charge on any atom is -0.480 e. The number of nitrogens with zero attached hydrogens (tertiary/aromatic N) is 1. The van der Waals surface area contributed by atoms with Crippen LogP contribution in [0.4, 0.5) is 0 Å². The number of carbonyl (C=O) groups excluding carboxylic acids is 10. The molecule has 0 aromatic heterocycles. The third-order valence-electron chi connectivity index (χ3n) is 9.90. The molecule has 0 saturated carbocycles. The van der Waals surface area contributed by atoms with E-state index >= 15 is 0 Å². The Bertz CT molecular complexity index is 1720. The van der Waals surface area contributed by atoms with Gasteiger partial charge in [0.25, 0.3) is 0 Å². The Hall–Kier alpha value is -5.60. The number of aliphatic hydroxyl groups is 2. The van der Waals surface area contributed by atoms with Gasteiger partial charge in [-0.1, -0.05) is 27.7 Å². The van der Waals surface area contributed by atoms with Crippen LogP contribution >= 0.6 is 11.8 Å². The Morgan fingerprint density at radius 2 is 1.11 bits per heavy atom. The normalized spacial score (nSPS) is 16.5. The quantitative estimate of drug-likeness (QED) is 0.0333. The summed E-state index contributed by atoms with van der Waals surface area (Å²) in [6.45, 7) is 6.67. The van der Waals surface area contributed by atoms with Crippen molar-refractivity contribution in [2.24, 2.45) is 17.6 Å². The molecule has 0 aromatic rings. The number of nitrogens with one attached hydrogen (secondary N) is 9. The molecule has 1 fully saturated rings. The van der Waals surface area contributed by atoms with Crippen LogP contribution in [0.1, 0.15) is 73.6 Å². The highest BCUT2D eigenvalue weighted by molar-refractivity contribution is 7.98. The lowest BCUT2D eigenvalue weighted by Crippen LogP contribution is -2.58. The van der Waals surface area contributed by atoms with Gasteiger partial charge < -0.3 is 73.8 Å². The van der Waals surface area contributed by atoms with E-state index in [0.717, 1.165) is 0 Å². The average Bonchev–Trinajstić information content (AvgIpc) is 3.76. The highest BCUT2D eigenvalue weighted by atomic mass is 32.2. The van der Waals surface area contributed by atoms with Gasteiger partial charge in [0.15, 0.2) is 0 Å². The van der Waals surface area contributed by atoms with Crippen molar-refractivity contribution >= 4 is 76.8 Å². The van der Waals surface area contributed by atoms with Crippen molar-refractivity contribution in [1.82, 2.24) is 52.8 Å². The predicted octanol–water partition coefficient (Wildman–Crippen LogP) is -5.48. The second-order valence-electron chi connectivity index (χ2n) is 16.6. The topological polar surface area (TPSA) is 386 Å². The van der Waals surface area contributed by atoms with Crippen molar-refractivity contribution in [1.29, 1.82) is 0 Å². The molecular weight excluding hydrogens is 891 g/mol. The van der Waals surface area contributed by atoms with Crippen LogP contribution in [0.2, 0.25) is 0 Å². The number of rotatable bonds is 29. The first-order chi connectivity index (χ1) is 30.9. The maximum Gasteiger partial charge on any atom is 0.326 e. The van der Waals surface area contributed by atoms with Gasteiger partial charge in [0, 0.05) is 6.54 Å². The molecule has 26 heteroatoms. The van der Waals surface area contributed by atoms with Crippen LogP contribution in [-0.4, -0.2) is 185 Å². The van der Waals surface area contributed by atoms with Crippen molar-refractivity contribution < 1.29 is 68.1 Å². The van der Waals surface area contributed by atoms with E-state index in [4.69, 9.17) is 10.8 Å².